The third-order valence-electron chi connectivity index (χ3n) is 15.8. The fraction of sp³-hybridized carbons (Fsp3) is 0.414. The van der Waals surface area contributed by atoms with Crippen LogP contribution in [0.1, 0.15) is 58.7 Å². The van der Waals surface area contributed by atoms with Crippen LogP contribution < -0.4 is 20.4 Å². The van der Waals surface area contributed by atoms with Crippen LogP contribution in [0, 0.1) is 24.2 Å². The minimum Gasteiger partial charge on any atom is -0.508 e. The van der Waals surface area contributed by atoms with Gasteiger partial charge in [0, 0.05) is 120 Å². The van der Waals surface area contributed by atoms with Crippen molar-refractivity contribution in [1.82, 2.24) is 49.6 Å². The second-order valence-electron chi connectivity index (χ2n) is 21.0. The number of rotatable bonds is 16. The van der Waals surface area contributed by atoms with Gasteiger partial charge in [-0.2, -0.15) is 23.4 Å². The van der Waals surface area contributed by atoms with Crippen molar-refractivity contribution in [1.29, 1.82) is 5.26 Å². The highest BCUT2D eigenvalue weighted by molar-refractivity contribution is 5.95. The molecular formula is C58H65F3N14O5. The van der Waals surface area contributed by atoms with Crippen LogP contribution in [0.3, 0.4) is 0 Å². The van der Waals surface area contributed by atoms with Crippen LogP contribution in [0.2, 0.25) is 0 Å². The number of alkyl halides is 3. The van der Waals surface area contributed by atoms with E-state index in [4.69, 9.17) is 9.97 Å². The Bertz CT molecular complexity index is 3290. The molecule has 4 aliphatic rings. The molecule has 80 heavy (non-hydrogen) atoms. The Hall–Kier alpha value is -8.29. The Labute approximate surface area is 461 Å². The minimum absolute atomic E-state index is 0.00895. The van der Waals surface area contributed by atoms with Gasteiger partial charge >= 0.3 is 6.18 Å². The van der Waals surface area contributed by atoms with Crippen molar-refractivity contribution in [3.05, 3.63) is 120 Å². The summed E-state index contributed by atoms with van der Waals surface area (Å²) < 4.78 is 40.4. The molecule has 3 amide bonds. The van der Waals surface area contributed by atoms with E-state index in [-0.39, 0.29) is 53.6 Å². The molecule has 4 N–H and O–H groups in total. The van der Waals surface area contributed by atoms with Gasteiger partial charge in [0.05, 0.1) is 36.3 Å². The van der Waals surface area contributed by atoms with Crippen molar-refractivity contribution in [3.8, 4) is 34.6 Å². The third-order valence-corrected chi connectivity index (χ3v) is 15.8. The summed E-state index contributed by atoms with van der Waals surface area (Å²) >= 11 is 0. The van der Waals surface area contributed by atoms with E-state index in [1.807, 2.05) is 28.4 Å². The van der Waals surface area contributed by atoms with E-state index in [1.54, 1.807) is 24.0 Å². The Morgan fingerprint density at radius 1 is 0.863 bits per heavy atom. The zero-order valence-corrected chi connectivity index (χ0v) is 44.7. The summed E-state index contributed by atoms with van der Waals surface area (Å²) in [6.45, 7) is 13.3. The average molecular weight is 1100 g/mol. The van der Waals surface area contributed by atoms with E-state index >= 15 is 0 Å². The van der Waals surface area contributed by atoms with Gasteiger partial charge in [-0.1, -0.05) is 55.1 Å². The molecule has 418 valence electrons. The van der Waals surface area contributed by atoms with Crippen LogP contribution in [0.25, 0.3) is 27.8 Å². The molecule has 0 saturated carbocycles. The molecule has 3 fully saturated rings. The lowest BCUT2D eigenvalue weighted by Gasteiger charge is -2.42. The predicted octanol–water partition coefficient (Wildman–Crippen LogP) is 6.43. The monoisotopic (exact) mass is 1090 g/mol. The van der Waals surface area contributed by atoms with Gasteiger partial charge in [0.1, 0.15) is 23.9 Å². The topological polar surface area (TPSA) is 215 Å². The number of fused-ring (bicyclic) bond motifs is 2. The number of likely N-dealkylation sites (tertiary alicyclic amines) is 1. The van der Waals surface area contributed by atoms with Crippen LogP contribution in [-0.2, 0) is 29.1 Å². The maximum Gasteiger partial charge on any atom is 0.405 e. The zero-order chi connectivity index (χ0) is 56.1. The number of piperazine rings is 2. The first kappa shape index (κ1) is 55.0. The number of carbonyl (C=O) groups is 3. The number of aryl methyl sites for hydroxylation is 1. The van der Waals surface area contributed by atoms with Crippen LogP contribution in [0.5, 0.6) is 11.5 Å². The van der Waals surface area contributed by atoms with E-state index in [9.17, 15) is 43.0 Å². The Kier molecular flexibility index (Phi) is 16.5. The molecule has 2 aromatic heterocycles. The maximum absolute atomic E-state index is 13.7. The first-order valence-corrected chi connectivity index (χ1v) is 27.2. The summed E-state index contributed by atoms with van der Waals surface area (Å²) in [5.41, 5.74) is 5.02. The minimum atomic E-state index is -4.65. The van der Waals surface area contributed by atoms with Crippen molar-refractivity contribution in [2.24, 2.45) is 5.92 Å². The van der Waals surface area contributed by atoms with E-state index < -0.39 is 24.5 Å². The first-order valence-electron chi connectivity index (χ1n) is 27.2. The average Bonchev–Trinajstić information content (AvgIpc) is 4.09. The van der Waals surface area contributed by atoms with Crippen LogP contribution in [-0.4, -0.2) is 170 Å². The molecule has 19 nitrogen and oxygen atoms in total. The summed E-state index contributed by atoms with van der Waals surface area (Å²) in [5, 5.41) is 46.2. The molecule has 0 bridgehead atoms. The number of hydrogen-bond donors (Lipinski definition) is 4. The normalized spacial score (nSPS) is 17.5. The van der Waals surface area contributed by atoms with Crippen molar-refractivity contribution < 1.29 is 37.8 Å². The molecule has 6 heterocycles. The molecule has 0 aliphatic carbocycles. The largest absolute Gasteiger partial charge is 0.508 e. The van der Waals surface area contributed by atoms with Gasteiger partial charge in [-0.25, -0.2) is 4.98 Å². The molecule has 10 rings (SSSR count). The lowest BCUT2D eigenvalue weighted by atomic mass is 9.95. The third kappa shape index (κ3) is 12.4. The summed E-state index contributed by atoms with van der Waals surface area (Å²) in [4.78, 5) is 62.7. The van der Waals surface area contributed by atoms with Crippen molar-refractivity contribution in [2.75, 3.05) is 100 Å². The molecule has 6 aromatic rings. The highest BCUT2D eigenvalue weighted by atomic mass is 19.4. The summed E-state index contributed by atoms with van der Waals surface area (Å²) in [7, 11) is 0. The van der Waals surface area contributed by atoms with Gasteiger partial charge in [0.2, 0.25) is 23.6 Å². The van der Waals surface area contributed by atoms with Crippen LogP contribution in [0.15, 0.2) is 91.5 Å². The number of nitriles is 1. The molecular weight excluding hydrogens is 1030 g/mol. The summed E-state index contributed by atoms with van der Waals surface area (Å²) in [6, 6.07) is 26.5. The Balaban J connectivity index is 0.718. The summed E-state index contributed by atoms with van der Waals surface area (Å²) in [5.74, 6) is -0.396. The number of hydrogen-bond acceptors (Lipinski definition) is 15. The predicted molar refractivity (Wildman–Crippen MR) is 296 cm³/mol. The molecule has 0 spiro atoms. The van der Waals surface area contributed by atoms with Gasteiger partial charge in [-0.15, -0.1) is 10.2 Å². The first-order chi connectivity index (χ1) is 38.6. The Morgan fingerprint density at radius 3 is 2.36 bits per heavy atom. The number of piperidine rings is 1. The number of aromatic nitrogens is 5. The molecule has 1 atom stereocenters. The fourth-order valence-corrected chi connectivity index (χ4v) is 11.5. The maximum atomic E-state index is 13.7. The number of carbonyl (C=O) groups excluding carboxylic acids is 3. The Morgan fingerprint density at radius 2 is 1.61 bits per heavy atom. The second kappa shape index (κ2) is 24.0. The van der Waals surface area contributed by atoms with E-state index in [1.165, 1.54) is 27.5 Å². The quantitative estimate of drug-likeness (QED) is 0.0769. The molecule has 4 aromatic carbocycles. The summed E-state index contributed by atoms with van der Waals surface area (Å²) in [6.07, 6.45) is -0.319. The van der Waals surface area contributed by atoms with E-state index in [0.29, 0.717) is 81.9 Å². The highest BCUT2D eigenvalue weighted by Gasteiger charge is 2.35. The number of benzene rings is 4. The van der Waals surface area contributed by atoms with Crippen molar-refractivity contribution >= 4 is 45.9 Å². The fourth-order valence-electron chi connectivity index (χ4n) is 11.5. The van der Waals surface area contributed by atoms with E-state index in [2.05, 4.69) is 84.2 Å². The number of phenols is 2. The smallest absolute Gasteiger partial charge is 0.405 e. The van der Waals surface area contributed by atoms with Gasteiger partial charge in [-0.3, -0.25) is 23.9 Å². The van der Waals surface area contributed by atoms with Gasteiger partial charge in [0.25, 0.3) is 5.91 Å². The molecule has 3 saturated heterocycles. The number of aromatic hydroxyl groups is 2. The highest BCUT2D eigenvalue weighted by Crippen LogP contribution is 2.37. The van der Waals surface area contributed by atoms with Crippen molar-refractivity contribution in [2.45, 2.75) is 64.3 Å². The molecule has 4 aliphatic heterocycles. The number of anilines is 3. The molecule has 0 unspecified atom stereocenters. The molecule has 22 heteroatoms. The number of nitrogens with one attached hydrogen (secondary N) is 2. The van der Waals surface area contributed by atoms with E-state index in [0.717, 1.165) is 86.5 Å². The van der Waals surface area contributed by atoms with Gasteiger partial charge in [0.15, 0.2) is 5.82 Å². The van der Waals surface area contributed by atoms with Crippen LogP contribution in [0.4, 0.5) is 30.6 Å². The number of nitrogens with zero attached hydrogens (tertiary/aromatic N) is 12. The lowest BCUT2D eigenvalue weighted by molar-refractivity contribution is -0.132. The lowest BCUT2D eigenvalue weighted by Crippen LogP contribution is -2.55. The molecule has 0 radical (unpaired) electrons. The zero-order valence-electron chi connectivity index (χ0n) is 44.7. The number of phenolic OH excluding ortho intramolecular Hbond substituents is 2. The number of halogens is 3. The van der Waals surface area contributed by atoms with Crippen molar-refractivity contribution in [3.63, 3.8) is 0 Å². The number of amides is 3. The van der Waals surface area contributed by atoms with Crippen LogP contribution >= 0.6 is 0 Å². The van der Waals surface area contributed by atoms with Gasteiger partial charge < -0.3 is 45.3 Å². The SMILES string of the molecule is C=CC(=O)N1CCN(c2nc(NCCC(=O)N3CCC(CN4CCN(Cc5ccc(-n6c(C(=O)NCC(F)(F)F)nnc6-c6cc(C)c(O)cc6O)cc5)CC4)CC3)nc3c2CCN(c2cccc4ccccc24)C3)C[C@H]1CC#N. The van der Waals surface area contributed by atoms with Gasteiger partial charge in [-0.05, 0) is 79.0 Å². The standard InChI is InChI=1S/C58H65F3N14O5/c1-3-51(78)74-30-29-73(35-43(74)15-20-62)53-45-19-24-72(48-10-6-8-41-7-4-5-9-44(41)48)36-47(45)65-57(66-53)63-21-16-52(79)71-22-17-40(18-23-71)34-70-27-25-69(26-28-70)33-39-11-13-42(14-12-39)75-54(46-31-38(2)49(76)32-50(46)77)67-68-55(75)56(80)64-37-58(59,60)61/h3-14,31-32,40,43,76-77H,1,15-19,21-30,33-37H2,2H3,(H,64,80)(H,63,65,66)/t43-/m1/s1. The second-order valence-corrected chi connectivity index (χ2v) is 21.0.